The van der Waals surface area contributed by atoms with Crippen molar-refractivity contribution in [2.75, 3.05) is 6.61 Å². The van der Waals surface area contributed by atoms with Crippen LogP contribution in [0.4, 0.5) is 0 Å². The Balaban J connectivity index is 1.36. The third-order valence-corrected chi connectivity index (χ3v) is 11.2. The lowest BCUT2D eigenvalue weighted by Crippen LogP contribution is -2.51. The predicted molar refractivity (Wildman–Crippen MR) is 150 cm³/mol. The predicted octanol–water partition coefficient (Wildman–Crippen LogP) is 8.50. The number of fused-ring (bicyclic) bond motifs is 5. The number of ether oxygens (including phenoxy) is 1. The molecule has 4 aliphatic rings. The van der Waals surface area contributed by atoms with Crippen LogP contribution in [0.2, 0.25) is 0 Å². The van der Waals surface area contributed by atoms with Crippen molar-refractivity contribution in [3.8, 4) is 0 Å². The molecule has 2 N–H and O–H groups in total. The van der Waals surface area contributed by atoms with Gasteiger partial charge in [-0.05, 0) is 104 Å². The van der Waals surface area contributed by atoms with E-state index in [9.17, 15) is 9.90 Å². The number of carboxylic acid groups (broad SMARTS) is 1. The van der Waals surface area contributed by atoms with Crippen LogP contribution in [-0.2, 0) is 9.53 Å². The molecule has 3 fully saturated rings. The van der Waals surface area contributed by atoms with Gasteiger partial charge in [0.15, 0.2) is 0 Å². The molecule has 0 bridgehead atoms. The zero-order valence-electron chi connectivity index (χ0n) is 24.0. The van der Waals surface area contributed by atoms with Crippen molar-refractivity contribution in [2.45, 2.75) is 111 Å². The molecule has 4 nitrogen and oxygen atoms in total. The van der Waals surface area contributed by atoms with Crippen LogP contribution in [0.3, 0.4) is 0 Å². The van der Waals surface area contributed by atoms with Crippen LogP contribution in [0.5, 0.6) is 0 Å². The Kier molecular flexibility index (Phi) is 8.98. The van der Waals surface area contributed by atoms with E-state index in [0.29, 0.717) is 17.4 Å². The van der Waals surface area contributed by atoms with E-state index in [1.54, 1.807) is 11.6 Å². The molecule has 3 unspecified atom stereocenters. The van der Waals surface area contributed by atoms with Gasteiger partial charge >= 0.3 is 5.97 Å². The van der Waals surface area contributed by atoms with Gasteiger partial charge in [0.05, 0.1) is 18.8 Å². The SMILES string of the molecule is CC(C)CCC[C@@H](C)[C@H]1CCC2C3CC=C4C[C@@H](OC/C=C/C(O)=CC(=O)O)CC[C@]4(C)C3CC[C@@]21C. The Morgan fingerprint density at radius 1 is 1.08 bits per heavy atom. The molecule has 4 rings (SSSR count). The highest BCUT2D eigenvalue weighted by molar-refractivity contribution is 5.80. The first-order valence-electron chi connectivity index (χ1n) is 15.2. The van der Waals surface area contributed by atoms with Crippen molar-refractivity contribution in [3.05, 3.63) is 35.6 Å². The highest BCUT2D eigenvalue weighted by Crippen LogP contribution is 2.67. The molecule has 4 aliphatic carbocycles. The molecule has 0 aromatic heterocycles. The zero-order chi connectivity index (χ0) is 26.8. The summed E-state index contributed by atoms with van der Waals surface area (Å²) in [6, 6.07) is 0. The van der Waals surface area contributed by atoms with E-state index in [-0.39, 0.29) is 11.9 Å². The van der Waals surface area contributed by atoms with Crippen LogP contribution in [-0.4, -0.2) is 28.9 Å². The van der Waals surface area contributed by atoms with Crippen molar-refractivity contribution >= 4 is 5.97 Å². The Labute approximate surface area is 225 Å². The third-order valence-electron chi connectivity index (χ3n) is 11.2. The average molecular weight is 513 g/mol. The fourth-order valence-corrected chi connectivity index (χ4v) is 9.33. The fourth-order valence-electron chi connectivity index (χ4n) is 9.33. The Morgan fingerprint density at radius 2 is 1.86 bits per heavy atom. The van der Waals surface area contributed by atoms with Gasteiger partial charge in [0, 0.05) is 0 Å². The summed E-state index contributed by atoms with van der Waals surface area (Å²) in [5.74, 6) is 3.75. The number of hydrogen-bond acceptors (Lipinski definition) is 3. The molecule has 0 saturated heterocycles. The minimum absolute atomic E-state index is 0.211. The normalized spacial score (nSPS) is 38.7. The first kappa shape index (κ1) is 28.5. The molecule has 0 radical (unpaired) electrons. The second-order valence-corrected chi connectivity index (χ2v) is 13.8. The number of allylic oxidation sites excluding steroid dienone is 2. The summed E-state index contributed by atoms with van der Waals surface area (Å²) >= 11 is 0. The Morgan fingerprint density at radius 3 is 2.59 bits per heavy atom. The average Bonchev–Trinajstić information content (AvgIpc) is 3.18. The van der Waals surface area contributed by atoms with E-state index in [2.05, 4.69) is 40.7 Å². The molecule has 0 aromatic rings. The summed E-state index contributed by atoms with van der Waals surface area (Å²) in [7, 11) is 0. The molecule has 0 amide bonds. The highest BCUT2D eigenvalue weighted by atomic mass is 16.5. The summed E-state index contributed by atoms with van der Waals surface area (Å²) in [5, 5.41) is 18.3. The zero-order valence-corrected chi connectivity index (χ0v) is 24.0. The van der Waals surface area contributed by atoms with E-state index in [1.165, 1.54) is 63.9 Å². The van der Waals surface area contributed by atoms with Crippen LogP contribution < -0.4 is 0 Å². The molecule has 0 spiro atoms. The first-order valence-corrected chi connectivity index (χ1v) is 15.2. The number of carboxylic acids is 1. The summed E-state index contributed by atoms with van der Waals surface area (Å²) < 4.78 is 6.13. The van der Waals surface area contributed by atoms with Gasteiger partial charge in [0.1, 0.15) is 5.76 Å². The minimum atomic E-state index is -1.15. The van der Waals surface area contributed by atoms with Crippen LogP contribution in [0.25, 0.3) is 0 Å². The Bertz CT molecular complexity index is 900. The molecule has 0 heterocycles. The van der Waals surface area contributed by atoms with Crippen molar-refractivity contribution in [1.29, 1.82) is 0 Å². The molecule has 37 heavy (non-hydrogen) atoms. The number of hydrogen-bond donors (Lipinski definition) is 2. The van der Waals surface area contributed by atoms with Gasteiger partial charge in [-0.25, -0.2) is 4.79 Å². The van der Waals surface area contributed by atoms with E-state index >= 15 is 0 Å². The second kappa shape index (κ2) is 11.7. The van der Waals surface area contributed by atoms with Gasteiger partial charge in [-0.15, -0.1) is 0 Å². The van der Waals surface area contributed by atoms with Crippen LogP contribution in [0.1, 0.15) is 105 Å². The van der Waals surface area contributed by atoms with Crippen LogP contribution in [0.15, 0.2) is 35.6 Å². The largest absolute Gasteiger partial charge is 0.508 e. The number of aliphatic carboxylic acids is 1. The number of aliphatic hydroxyl groups excluding tert-OH is 1. The third kappa shape index (κ3) is 6.05. The summed E-state index contributed by atoms with van der Waals surface area (Å²) in [6.07, 6.45) is 21.2. The van der Waals surface area contributed by atoms with E-state index in [1.807, 2.05) is 0 Å². The number of carbonyl (C=O) groups is 1. The van der Waals surface area contributed by atoms with E-state index in [4.69, 9.17) is 9.84 Å². The monoisotopic (exact) mass is 512 g/mol. The molecule has 0 aromatic carbocycles. The van der Waals surface area contributed by atoms with Gasteiger partial charge in [-0.3, -0.25) is 0 Å². The molecule has 3 saturated carbocycles. The number of aliphatic hydroxyl groups is 1. The molecular weight excluding hydrogens is 460 g/mol. The summed E-state index contributed by atoms with van der Waals surface area (Å²) in [5.41, 5.74) is 2.49. The van der Waals surface area contributed by atoms with Gasteiger partial charge in [0.2, 0.25) is 0 Å². The van der Waals surface area contributed by atoms with Crippen molar-refractivity contribution < 1.29 is 19.7 Å². The molecule has 208 valence electrons. The van der Waals surface area contributed by atoms with E-state index in [0.717, 1.165) is 54.4 Å². The maximum Gasteiger partial charge on any atom is 0.332 e. The lowest BCUT2D eigenvalue weighted by molar-refractivity contribution is -0.131. The maximum absolute atomic E-state index is 10.6. The lowest BCUT2D eigenvalue weighted by Gasteiger charge is -2.58. The Hall–Kier alpha value is -1.55. The molecular formula is C33H52O4. The van der Waals surface area contributed by atoms with Crippen molar-refractivity contribution in [2.24, 2.45) is 46.3 Å². The van der Waals surface area contributed by atoms with Gasteiger partial charge in [-0.1, -0.05) is 71.6 Å². The summed E-state index contributed by atoms with van der Waals surface area (Å²) in [4.78, 5) is 10.6. The molecule has 0 aliphatic heterocycles. The van der Waals surface area contributed by atoms with Crippen molar-refractivity contribution in [3.63, 3.8) is 0 Å². The highest BCUT2D eigenvalue weighted by Gasteiger charge is 2.59. The van der Waals surface area contributed by atoms with Crippen molar-refractivity contribution in [1.82, 2.24) is 0 Å². The smallest absolute Gasteiger partial charge is 0.332 e. The second-order valence-electron chi connectivity index (χ2n) is 13.8. The lowest BCUT2D eigenvalue weighted by atomic mass is 9.47. The topological polar surface area (TPSA) is 66.8 Å². The fraction of sp³-hybridized carbons (Fsp3) is 0.788. The quantitative estimate of drug-likeness (QED) is 0.133. The maximum atomic E-state index is 10.6. The van der Waals surface area contributed by atoms with Gasteiger partial charge in [-0.2, -0.15) is 0 Å². The van der Waals surface area contributed by atoms with Crippen LogP contribution in [0, 0.1) is 46.3 Å². The molecule has 8 atom stereocenters. The first-order chi connectivity index (χ1) is 17.5. The minimum Gasteiger partial charge on any atom is -0.508 e. The van der Waals surface area contributed by atoms with Crippen LogP contribution >= 0.6 is 0 Å². The number of rotatable bonds is 10. The molecule has 4 heteroatoms. The summed E-state index contributed by atoms with van der Waals surface area (Å²) in [6.45, 7) is 12.9. The standard InChI is InChI=1S/C33H52O4/c1-22(2)8-6-9-23(3)28-13-14-29-27-12-11-24-20-26(37-19-7-10-25(34)21-31(35)36)15-17-32(24,4)30(27)16-18-33(28,29)5/h7,10-11,21-23,26-30,34H,6,8-9,12-20H2,1-5H3,(H,35,36)/b10-7+,25-21?/t23-,26+,27?,28-,29?,30?,32+,33-/m1/s1. The van der Waals surface area contributed by atoms with Gasteiger partial charge in [0.25, 0.3) is 0 Å². The van der Waals surface area contributed by atoms with Gasteiger partial charge < -0.3 is 14.9 Å². The van der Waals surface area contributed by atoms with E-state index < -0.39 is 5.97 Å².